The molecule has 7 heterocycles. The molecule has 3 N–H and O–H groups in total. The molecule has 11 rings (SSSR count). The fourth-order valence-electron chi connectivity index (χ4n) is 10.8. The lowest BCUT2D eigenvalue weighted by atomic mass is 9.87. The van der Waals surface area contributed by atoms with E-state index in [1.165, 1.54) is 22.3 Å². The van der Waals surface area contributed by atoms with E-state index in [1.807, 2.05) is 19.1 Å². The molecule has 0 bridgehead atoms. The number of fused-ring (bicyclic) bond motifs is 5. The number of aromatic nitrogens is 6. The molecule has 2 fully saturated rings. The number of carbonyl (C=O) groups excluding carboxylic acids is 2. The highest BCUT2D eigenvalue weighted by Crippen LogP contribution is 2.40. The fraction of sp³-hybridized carbons (Fsp3) is 0.426. The first-order valence-electron chi connectivity index (χ1n) is 22.1. The van der Waals surface area contributed by atoms with Crippen LogP contribution in [0.1, 0.15) is 103 Å². The highest BCUT2D eigenvalue weighted by Gasteiger charge is 2.38. The van der Waals surface area contributed by atoms with Gasteiger partial charge < -0.3 is 14.9 Å². The van der Waals surface area contributed by atoms with E-state index < -0.39 is 11.5 Å². The fourth-order valence-corrected chi connectivity index (χ4v) is 10.8. The molecule has 318 valence electrons. The summed E-state index contributed by atoms with van der Waals surface area (Å²) >= 11 is 0. The van der Waals surface area contributed by atoms with Crippen molar-refractivity contribution in [3.8, 4) is 5.82 Å². The number of amides is 2. The molecule has 15 nitrogen and oxygen atoms in total. The lowest BCUT2D eigenvalue weighted by Crippen LogP contribution is -2.44. The van der Waals surface area contributed by atoms with Crippen LogP contribution in [0.4, 0.5) is 11.6 Å². The van der Waals surface area contributed by atoms with Gasteiger partial charge in [-0.25, -0.2) is 19.3 Å². The third-order valence-corrected chi connectivity index (χ3v) is 14.3. The van der Waals surface area contributed by atoms with Gasteiger partial charge in [0.2, 0.25) is 17.8 Å². The van der Waals surface area contributed by atoms with E-state index in [-0.39, 0.29) is 23.9 Å². The van der Waals surface area contributed by atoms with Gasteiger partial charge in [0.1, 0.15) is 16.7 Å². The Morgan fingerprint density at radius 1 is 0.887 bits per heavy atom. The van der Waals surface area contributed by atoms with Gasteiger partial charge in [0, 0.05) is 62.0 Å². The van der Waals surface area contributed by atoms with Crippen LogP contribution in [0.15, 0.2) is 70.6 Å². The van der Waals surface area contributed by atoms with Gasteiger partial charge in [0.25, 0.3) is 5.56 Å². The molecule has 2 aliphatic carbocycles. The van der Waals surface area contributed by atoms with Gasteiger partial charge in [-0.2, -0.15) is 4.98 Å². The summed E-state index contributed by atoms with van der Waals surface area (Å²) in [5.74, 6) is -0.0944. The SMILES string of the molecule is C=CCn1c(=O)c2cnc(Nc3ccc4c(c3)CCN(C3CCC(N5Cc6cc7onc(C8CCC(=O)NC8=O)c7cc6C5)CC3)C4)nc2n1-c1ccc2c(n1)[C@@](O)(CC)CC2. The molecule has 1 saturated carbocycles. The standard InChI is InChI=1S/C47H50N10O5/c1-3-18-56-45(60)37-23-48-46(52-43(37)57(56)39-13-6-27-15-17-47(61,4-2)42(27)50-39)49-32-7-5-29-24-54(19-16-28(29)20-32)33-8-10-34(11-9-33)55-25-30-21-36-38(22-31(30)26-55)62-53-41(36)35-12-14-40(58)51-44(35)59/h3,5-7,13,20-23,33-35,61H,1,4,8-12,14-19,24-26H2,2H3,(H,48,49,52)(H,51,58,59)/t33?,34?,35?,47-/m1/s1. The summed E-state index contributed by atoms with van der Waals surface area (Å²) < 4.78 is 9.00. The Morgan fingerprint density at radius 3 is 2.45 bits per heavy atom. The summed E-state index contributed by atoms with van der Waals surface area (Å²) in [6, 6.07) is 15.7. The number of hydrogen-bond donors (Lipinski definition) is 3. The Hall–Kier alpha value is -6.03. The van der Waals surface area contributed by atoms with Gasteiger partial charge in [-0.15, -0.1) is 6.58 Å². The number of benzene rings is 2. The molecule has 0 spiro atoms. The molecule has 5 aliphatic rings. The molecule has 3 aliphatic heterocycles. The molecule has 0 radical (unpaired) electrons. The van der Waals surface area contributed by atoms with Gasteiger partial charge in [0.15, 0.2) is 17.0 Å². The maximum Gasteiger partial charge on any atom is 0.278 e. The molecule has 2 atom stereocenters. The summed E-state index contributed by atoms with van der Waals surface area (Å²) in [7, 11) is 0. The first-order valence-corrected chi connectivity index (χ1v) is 22.1. The van der Waals surface area contributed by atoms with Crippen molar-refractivity contribution in [1.29, 1.82) is 0 Å². The number of rotatable bonds is 9. The van der Waals surface area contributed by atoms with Crippen LogP contribution >= 0.6 is 0 Å². The number of carbonyl (C=O) groups is 2. The van der Waals surface area contributed by atoms with E-state index >= 15 is 0 Å². The molecular weight excluding hydrogens is 785 g/mol. The number of anilines is 2. The van der Waals surface area contributed by atoms with Gasteiger partial charge >= 0.3 is 0 Å². The van der Waals surface area contributed by atoms with E-state index in [2.05, 4.69) is 67.5 Å². The van der Waals surface area contributed by atoms with Crippen LogP contribution in [0.3, 0.4) is 0 Å². The minimum atomic E-state index is -0.991. The lowest BCUT2D eigenvalue weighted by molar-refractivity contribution is -0.134. The summed E-state index contributed by atoms with van der Waals surface area (Å²) in [5, 5.41) is 22.7. The van der Waals surface area contributed by atoms with Crippen LogP contribution < -0.4 is 16.2 Å². The molecule has 1 unspecified atom stereocenters. The summed E-state index contributed by atoms with van der Waals surface area (Å²) in [6.45, 7) is 9.81. The average molecular weight is 835 g/mol. The number of hydrogen-bond acceptors (Lipinski definition) is 12. The predicted molar refractivity (Wildman–Crippen MR) is 232 cm³/mol. The van der Waals surface area contributed by atoms with Gasteiger partial charge in [-0.05, 0) is 116 Å². The topological polar surface area (TPSA) is 177 Å². The summed E-state index contributed by atoms with van der Waals surface area (Å²) in [4.78, 5) is 57.6. The van der Waals surface area contributed by atoms with Crippen molar-refractivity contribution in [3.63, 3.8) is 0 Å². The van der Waals surface area contributed by atoms with Crippen LogP contribution in [0.2, 0.25) is 0 Å². The number of allylic oxidation sites excluding steroid dienone is 1. The largest absolute Gasteiger partial charge is 0.384 e. The average Bonchev–Trinajstić information content (AvgIpc) is 4.05. The minimum Gasteiger partial charge on any atom is -0.384 e. The number of nitrogens with zero attached hydrogens (tertiary/aromatic N) is 8. The monoisotopic (exact) mass is 834 g/mol. The molecule has 6 aromatic rings. The number of nitrogens with one attached hydrogen (secondary N) is 2. The van der Waals surface area contributed by atoms with E-state index in [4.69, 9.17) is 14.5 Å². The second-order valence-corrected chi connectivity index (χ2v) is 17.9. The lowest BCUT2D eigenvalue weighted by Gasteiger charge is -2.41. The van der Waals surface area contributed by atoms with Crippen LogP contribution in [-0.4, -0.2) is 74.8 Å². The Kier molecular flexibility index (Phi) is 9.47. The molecule has 1 saturated heterocycles. The number of imide groups is 1. The third kappa shape index (κ3) is 6.56. The first kappa shape index (κ1) is 38.9. The first-order chi connectivity index (χ1) is 30.2. The quantitative estimate of drug-likeness (QED) is 0.118. The number of pyridine rings is 1. The van der Waals surface area contributed by atoms with Crippen molar-refractivity contribution < 1.29 is 19.2 Å². The zero-order valence-corrected chi connectivity index (χ0v) is 34.9. The maximum atomic E-state index is 13.6. The predicted octanol–water partition coefficient (Wildman–Crippen LogP) is 5.80. The highest BCUT2D eigenvalue weighted by atomic mass is 16.5. The number of aryl methyl sites for hydroxylation is 1. The van der Waals surface area contributed by atoms with Crippen LogP contribution in [0.25, 0.3) is 27.8 Å². The molecule has 2 amide bonds. The van der Waals surface area contributed by atoms with Crippen molar-refractivity contribution in [1.82, 2.24) is 44.6 Å². The van der Waals surface area contributed by atoms with Crippen molar-refractivity contribution in [2.24, 2.45) is 0 Å². The van der Waals surface area contributed by atoms with E-state index in [1.54, 1.807) is 21.6 Å². The van der Waals surface area contributed by atoms with Crippen LogP contribution in [0, 0.1) is 0 Å². The zero-order chi connectivity index (χ0) is 42.3. The molecular formula is C47H50N10O5. The van der Waals surface area contributed by atoms with E-state index in [9.17, 15) is 19.5 Å². The third-order valence-electron chi connectivity index (χ3n) is 14.3. The van der Waals surface area contributed by atoms with Crippen molar-refractivity contribution in [3.05, 3.63) is 111 Å². The van der Waals surface area contributed by atoms with Gasteiger partial charge in [-0.3, -0.25) is 29.5 Å². The molecule has 4 aromatic heterocycles. The Bertz CT molecular complexity index is 2870. The van der Waals surface area contributed by atoms with Crippen LogP contribution in [-0.2, 0) is 54.2 Å². The van der Waals surface area contributed by atoms with Crippen molar-refractivity contribution in [2.75, 3.05) is 11.9 Å². The Labute approximate surface area is 357 Å². The van der Waals surface area contributed by atoms with Gasteiger partial charge in [0.05, 0.1) is 18.2 Å². The molecule has 15 heteroatoms. The molecule has 62 heavy (non-hydrogen) atoms. The van der Waals surface area contributed by atoms with Crippen molar-refractivity contribution in [2.45, 2.75) is 121 Å². The van der Waals surface area contributed by atoms with Gasteiger partial charge in [-0.1, -0.05) is 30.3 Å². The van der Waals surface area contributed by atoms with E-state index in [0.717, 1.165) is 81.3 Å². The smallest absolute Gasteiger partial charge is 0.278 e. The summed E-state index contributed by atoms with van der Waals surface area (Å²) in [5.41, 5.74) is 8.33. The van der Waals surface area contributed by atoms with Crippen molar-refractivity contribution >= 4 is 45.5 Å². The van der Waals surface area contributed by atoms with E-state index in [0.29, 0.717) is 77.5 Å². The zero-order valence-electron chi connectivity index (χ0n) is 34.9. The summed E-state index contributed by atoms with van der Waals surface area (Å²) in [6.07, 6.45) is 11.6. The molecule has 2 aromatic carbocycles. The number of piperidine rings is 1. The maximum absolute atomic E-state index is 13.6. The highest BCUT2D eigenvalue weighted by molar-refractivity contribution is 6.02. The Morgan fingerprint density at radius 2 is 1.66 bits per heavy atom. The van der Waals surface area contributed by atoms with Crippen LogP contribution in [0.5, 0.6) is 0 Å². The second kappa shape index (κ2) is 15.1. The normalized spacial score (nSPS) is 24.0. The second-order valence-electron chi connectivity index (χ2n) is 17.9. The number of aliphatic hydroxyl groups is 1. The minimum absolute atomic E-state index is 0.231. The Balaban J connectivity index is 0.747.